The summed E-state index contributed by atoms with van der Waals surface area (Å²) in [6.07, 6.45) is -4.75. The van der Waals surface area contributed by atoms with Crippen molar-refractivity contribution in [3.8, 4) is 0 Å². The van der Waals surface area contributed by atoms with E-state index in [1.54, 1.807) is 0 Å². The monoisotopic (exact) mass is 286 g/mol. The lowest BCUT2D eigenvalue weighted by atomic mass is 10.1. The molecule has 0 saturated carbocycles. The summed E-state index contributed by atoms with van der Waals surface area (Å²) in [7, 11) is 0.629. The van der Waals surface area contributed by atoms with Gasteiger partial charge in [0.25, 0.3) is 9.05 Å². The zero-order valence-electron chi connectivity index (χ0n) is 8.38. The van der Waals surface area contributed by atoms with E-state index >= 15 is 0 Å². The maximum absolute atomic E-state index is 12.5. The molecular formula is C9H6ClF3O3S. The van der Waals surface area contributed by atoms with Crippen LogP contribution in [-0.4, -0.2) is 14.2 Å². The van der Waals surface area contributed by atoms with Gasteiger partial charge in [-0.1, -0.05) is 0 Å². The molecular weight excluding hydrogens is 281 g/mol. The Hall–Kier alpha value is -1.08. The van der Waals surface area contributed by atoms with E-state index in [2.05, 4.69) is 0 Å². The van der Waals surface area contributed by atoms with Crippen LogP contribution >= 0.6 is 10.7 Å². The average molecular weight is 287 g/mol. The van der Waals surface area contributed by atoms with Gasteiger partial charge in [-0.3, -0.25) is 4.79 Å². The molecule has 0 radical (unpaired) electrons. The molecule has 0 aliphatic rings. The number of halogens is 4. The highest BCUT2D eigenvalue weighted by atomic mass is 35.7. The summed E-state index contributed by atoms with van der Waals surface area (Å²) in [4.78, 5) is 10.2. The van der Waals surface area contributed by atoms with Gasteiger partial charge < -0.3 is 0 Å². The first-order valence-corrected chi connectivity index (χ1v) is 6.50. The van der Waals surface area contributed by atoms with E-state index in [9.17, 15) is 26.4 Å². The molecule has 0 bridgehead atoms. The van der Waals surface area contributed by atoms with Crippen molar-refractivity contribution in [3.63, 3.8) is 0 Å². The second-order valence-corrected chi connectivity index (χ2v) is 5.80. The molecule has 3 nitrogen and oxygen atoms in total. The fraction of sp³-hybridized carbons (Fsp3) is 0.222. The van der Waals surface area contributed by atoms with Gasteiger partial charge in [-0.05, 0) is 25.1 Å². The van der Waals surface area contributed by atoms with Crippen LogP contribution in [-0.2, 0) is 15.2 Å². The maximum Gasteiger partial charge on any atom is 0.416 e. The van der Waals surface area contributed by atoms with Crippen LogP contribution in [0.25, 0.3) is 0 Å². The van der Waals surface area contributed by atoms with Crippen molar-refractivity contribution in [3.05, 3.63) is 29.3 Å². The van der Waals surface area contributed by atoms with Crippen LogP contribution in [0.15, 0.2) is 23.1 Å². The normalized spacial score (nSPS) is 12.5. The Morgan fingerprint density at radius 2 is 1.76 bits per heavy atom. The topological polar surface area (TPSA) is 51.2 Å². The van der Waals surface area contributed by atoms with Crippen molar-refractivity contribution in [2.45, 2.75) is 18.0 Å². The third-order valence-corrected chi connectivity index (χ3v) is 3.26. The summed E-state index contributed by atoms with van der Waals surface area (Å²) in [5.41, 5.74) is -1.59. The van der Waals surface area contributed by atoms with Crippen LogP contribution in [0.4, 0.5) is 13.2 Å². The highest BCUT2D eigenvalue weighted by molar-refractivity contribution is 8.13. The number of Topliss-reactive ketones (excluding diaryl/α,β-unsaturated/α-hetero) is 1. The Bertz CT molecular complexity index is 563. The van der Waals surface area contributed by atoms with Crippen molar-refractivity contribution in [2.24, 2.45) is 0 Å². The molecule has 1 rings (SSSR count). The van der Waals surface area contributed by atoms with Crippen molar-refractivity contribution >= 4 is 25.5 Å². The Morgan fingerprint density at radius 1 is 1.24 bits per heavy atom. The van der Waals surface area contributed by atoms with Crippen LogP contribution in [0.1, 0.15) is 22.8 Å². The molecule has 0 aliphatic carbocycles. The molecule has 1 aromatic carbocycles. The molecule has 0 saturated heterocycles. The summed E-state index contributed by atoms with van der Waals surface area (Å²) in [5, 5.41) is 0. The fourth-order valence-corrected chi connectivity index (χ4v) is 1.91. The van der Waals surface area contributed by atoms with Crippen LogP contribution in [0.2, 0.25) is 0 Å². The molecule has 94 valence electrons. The highest BCUT2D eigenvalue weighted by Crippen LogP contribution is 2.32. The first kappa shape index (κ1) is 14.0. The lowest BCUT2D eigenvalue weighted by molar-refractivity contribution is -0.137. The molecule has 0 atom stereocenters. The van der Waals surface area contributed by atoms with Gasteiger partial charge in [-0.25, -0.2) is 8.42 Å². The summed E-state index contributed by atoms with van der Waals surface area (Å²) in [5.74, 6) is -0.683. The first-order valence-electron chi connectivity index (χ1n) is 4.19. The Kier molecular flexibility index (Phi) is 3.54. The second-order valence-electron chi connectivity index (χ2n) is 3.24. The summed E-state index contributed by atoms with van der Waals surface area (Å²) >= 11 is 0. The van der Waals surface area contributed by atoms with Gasteiger partial charge in [0.05, 0.1) is 10.5 Å². The summed E-state index contributed by atoms with van der Waals surface area (Å²) in [6.45, 7) is 1.03. The Balaban J connectivity index is 3.56. The predicted octanol–water partition coefficient (Wildman–Crippen LogP) is 2.84. The van der Waals surface area contributed by atoms with Gasteiger partial charge in [0.1, 0.15) is 0 Å². The van der Waals surface area contributed by atoms with E-state index in [1.807, 2.05) is 0 Å². The van der Waals surface area contributed by atoms with Gasteiger partial charge in [0.2, 0.25) is 0 Å². The number of ketones is 1. The maximum atomic E-state index is 12.5. The molecule has 0 amide bonds. The minimum atomic E-state index is -4.75. The highest BCUT2D eigenvalue weighted by Gasteiger charge is 2.32. The van der Waals surface area contributed by atoms with Crippen molar-refractivity contribution in [1.82, 2.24) is 0 Å². The van der Waals surface area contributed by atoms with E-state index in [4.69, 9.17) is 10.7 Å². The molecule has 8 heteroatoms. The second kappa shape index (κ2) is 4.30. The van der Waals surface area contributed by atoms with Gasteiger partial charge >= 0.3 is 6.18 Å². The number of carbonyl (C=O) groups is 1. The molecule has 0 N–H and O–H groups in total. The van der Waals surface area contributed by atoms with Crippen molar-refractivity contribution < 1.29 is 26.4 Å². The van der Waals surface area contributed by atoms with E-state index in [0.717, 1.165) is 13.0 Å². The fourth-order valence-electron chi connectivity index (χ4n) is 1.11. The van der Waals surface area contributed by atoms with Crippen LogP contribution in [0.3, 0.4) is 0 Å². The molecule has 0 fully saturated rings. The van der Waals surface area contributed by atoms with Gasteiger partial charge in [-0.15, -0.1) is 0 Å². The van der Waals surface area contributed by atoms with Gasteiger partial charge in [-0.2, -0.15) is 13.2 Å². The average Bonchev–Trinajstić information content (AvgIpc) is 2.14. The van der Waals surface area contributed by atoms with Crippen LogP contribution in [0.5, 0.6) is 0 Å². The molecule has 0 aliphatic heterocycles. The minimum absolute atomic E-state index is 0.362. The number of alkyl halides is 3. The van der Waals surface area contributed by atoms with E-state index in [1.165, 1.54) is 0 Å². The summed E-state index contributed by atoms with van der Waals surface area (Å²) in [6, 6.07) is 1.77. The standard InChI is InChI=1S/C9H6ClF3O3S/c1-5(14)6-2-7(9(11,12)13)4-8(3-6)17(10,15)16/h2-4H,1H3. The van der Waals surface area contributed by atoms with Crippen molar-refractivity contribution in [2.75, 3.05) is 0 Å². The molecule has 0 aromatic heterocycles. The molecule has 0 unspecified atom stereocenters. The smallest absolute Gasteiger partial charge is 0.295 e. The van der Waals surface area contributed by atoms with Crippen LogP contribution in [0, 0.1) is 0 Å². The van der Waals surface area contributed by atoms with Crippen LogP contribution < -0.4 is 0 Å². The number of benzene rings is 1. The predicted molar refractivity (Wildman–Crippen MR) is 54.5 cm³/mol. The largest absolute Gasteiger partial charge is 0.416 e. The zero-order chi connectivity index (χ0) is 13.4. The third-order valence-electron chi connectivity index (χ3n) is 1.92. The SMILES string of the molecule is CC(=O)c1cc(C(F)(F)F)cc(S(=O)(=O)Cl)c1. The van der Waals surface area contributed by atoms with Gasteiger partial charge in [0.15, 0.2) is 5.78 Å². The minimum Gasteiger partial charge on any atom is -0.295 e. The number of hydrogen-bond donors (Lipinski definition) is 0. The van der Waals surface area contributed by atoms with Crippen molar-refractivity contribution in [1.29, 1.82) is 0 Å². The molecule has 0 spiro atoms. The van der Waals surface area contributed by atoms with E-state index in [-0.39, 0.29) is 5.56 Å². The number of carbonyl (C=O) groups excluding carboxylic acids is 1. The Morgan fingerprint density at radius 3 is 2.12 bits per heavy atom. The Labute approximate surface area is 99.6 Å². The molecule has 0 heterocycles. The first-order chi connectivity index (χ1) is 7.51. The summed E-state index contributed by atoms with van der Waals surface area (Å²) < 4.78 is 59.3. The third kappa shape index (κ3) is 3.44. The lowest BCUT2D eigenvalue weighted by Crippen LogP contribution is -2.08. The zero-order valence-corrected chi connectivity index (χ0v) is 9.95. The van der Waals surface area contributed by atoms with E-state index < -0.39 is 31.5 Å². The van der Waals surface area contributed by atoms with E-state index in [0.29, 0.717) is 12.1 Å². The van der Waals surface area contributed by atoms with Gasteiger partial charge in [0, 0.05) is 16.2 Å². The molecule has 17 heavy (non-hydrogen) atoms. The molecule has 1 aromatic rings. The quantitative estimate of drug-likeness (QED) is 0.620. The number of hydrogen-bond acceptors (Lipinski definition) is 3. The number of rotatable bonds is 2. The lowest BCUT2D eigenvalue weighted by Gasteiger charge is -2.09.